The molecule has 1 rings (SSSR count). The maximum absolute atomic E-state index is 11.0. The van der Waals surface area contributed by atoms with Crippen LogP contribution in [0.15, 0.2) is 12.7 Å². The van der Waals surface area contributed by atoms with Gasteiger partial charge < -0.3 is 14.4 Å². The molecule has 4 nitrogen and oxygen atoms in total. The Kier molecular flexibility index (Phi) is 3.92. The maximum Gasteiger partial charge on any atom is 0.245 e. The van der Waals surface area contributed by atoms with E-state index in [-0.39, 0.29) is 5.91 Å². The quantitative estimate of drug-likeness (QED) is 0.333. The number of amides is 1. The summed E-state index contributed by atoms with van der Waals surface area (Å²) in [6.07, 6.45) is 1.59. The Morgan fingerprint density at radius 3 is 3.08 bits per heavy atom. The first kappa shape index (κ1) is 10.2. The molecule has 1 aliphatic heterocycles. The molecule has 0 bridgehead atoms. The molecular formula is C9H15NO3. The Hall–Kier alpha value is -0.870. The number of ether oxygens (including phenoxy) is 2. The van der Waals surface area contributed by atoms with Crippen LogP contribution in [-0.4, -0.2) is 50.3 Å². The minimum atomic E-state index is -0.0775. The zero-order chi connectivity index (χ0) is 9.68. The third-order valence-corrected chi connectivity index (χ3v) is 1.83. The second-order valence-electron chi connectivity index (χ2n) is 2.99. The van der Waals surface area contributed by atoms with Crippen LogP contribution in [0.1, 0.15) is 0 Å². The monoisotopic (exact) mass is 185 g/mol. The molecule has 1 amide bonds. The number of carbonyl (C=O) groups is 1. The zero-order valence-electron chi connectivity index (χ0n) is 7.86. The van der Waals surface area contributed by atoms with Gasteiger partial charge >= 0.3 is 0 Å². The van der Waals surface area contributed by atoms with Crippen molar-refractivity contribution in [2.75, 3.05) is 33.4 Å². The lowest BCUT2D eigenvalue weighted by molar-refractivity contribution is -0.125. The highest BCUT2D eigenvalue weighted by Crippen LogP contribution is 2.08. The van der Waals surface area contributed by atoms with Crippen LogP contribution < -0.4 is 0 Å². The molecule has 0 spiro atoms. The molecule has 1 heterocycles. The summed E-state index contributed by atoms with van der Waals surface area (Å²) >= 11 is 0. The molecule has 0 aromatic carbocycles. The first-order valence-corrected chi connectivity index (χ1v) is 4.31. The van der Waals surface area contributed by atoms with Crippen LogP contribution in [0.3, 0.4) is 0 Å². The summed E-state index contributed by atoms with van der Waals surface area (Å²) in [4.78, 5) is 12.6. The molecule has 0 radical (unpaired) electrons. The number of hydrogen-bond acceptors (Lipinski definition) is 3. The summed E-state index contributed by atoms with van der Waals surface area (Å²) in [6.45, 7) is 5.98. The van der Waals surface area contributed by atoms with Crippen LogP contribution in [0.5, 0.6) is 0 Å². The Morgan fingerprint density at radius 2 is 2.54 bits per heavy atom. The van der Waals surface area contributed by atoms with E-state index in [2.05, 4.69) is 6.58 Å². The second kappa shape index (κ2) is 4.99. The molecule has 1 unspecified atom stereocenters. The molecule has 0 aromatic heterocycles. The van der Waals surface area contributed by atoms with Crippen molar-refractivity contribution in [2.24, 2.45) is 0 Å². The Bertz CT molecular complexity index is 189. The molecule has 1 saturated heterocycles. The van der Waals surface area contributed by atoms with Crippen molar-refractivity contribution < 1.29 is 14.3 Å². The number of likely N-dealkylation sites (N-methyl/N-ethyl adjacent to an activating group) is 1. The standard InChI is InChI=1S/C9H15NO3/c1-3-9(11)10(2)4-5-12-6-8-7-13-8/h3,8H,1,4-7H2,2H3. The molecule has 0 saturated carbocycles. The Labute approximate surface area is 78.1 Å². The summed E-state index contributed by atoms with van der Waals surface area (Å²) < 4.78 is 10.2. The van der Waals surface area contributed by atoms with Gasteiger partial charge in [0.15, 0.2) is 0 Å². The normalized spacial score (nSPS) is 19.6. The third-order valence-electron chi connectivity index (χ3n) is 1.83. The largest absolute Gasteiger partial charge is 0.377 e. The number of rotatable bonds is 6. The summed E-state index contributed by atoms with van der Waals surface area (Å²) in [5.74, 6) is -0.0775. The fraction of sp³-hybridized carbons (Fsp3) is 0.667. The summed E-state index contributed by atoms with van der Waals surface area (Å²) in [5.41, 5.74) is 0. The highest BCUT2D eigenvalue weighted by atomic mass is 16.6. The molecular weight excluding hydrogens is 170 g/mol. The highest BCUT2D eigenvalue weighted by Gasteiger charge is 2.22. The van der Waals surface area contributed by atoms with Crippen molar-refractivity contribution in [1.29, 1.82) is 0 Å². The van der Waals surface area contributed by atoms with Crippen LogP contribution in [-0.2, 0) is 14.3 Å². The van der Waals surface area contributed by atoms with Crippen LogP contribution in [0.25, 0.3) is 0 Å². The molecule has 0 N–H and O–H groups in total. The number of hydrogen-bond donors (Lipinski definition) is 0. The molecule has 1 fully saturated rings. The predicted molar refractivity (Wildman–Crippen MR) is 48.4 cm³/mol. The fourth-order valence-electron chi connectivity index (χ4n) is 0.847. The van der Waals surface area contributed by atoms with E-state index in [0.717, 1.165) is 6.61 Å². The molecule has 74 valence electrons. The molecule has 13 heavy (non-hydrogen) atoms. The van der Waals surface area contributed by atoms with E-state index in [0.29, 0.717) is 25.9 Å². The number of epoxide rings is 1. The molecule has 4 heteroatoms. The molecule has 1 aliphatic rings. The van der Waals surface area contributed by atoms with Crippen LogP contribution in [0, 0.1) is 0 Å². The second-order valence-corrected chi connectivity index (χ2v) is 2.99. The predicted octanol–water partition coefficient (Wildman–Crippen LogP) is 0.0462. The van der Waals surface area contributed by atoms with E-state index < -0.39 is 0 Å². The average Bonchev–Trinajstić information content (AvgIpc) is 2.94. The van der Waals surface area contributed by atoms with Gasteiger partial charge in [-0.3, -0.25) is 4.79 Å². The van der Waals surface area contributed by atoms with E-state index >= 15 is 0 Å². The molecule has 0 aliphatic carbocycles. The fourth-order valence-corrected chi connectivity index (χ4v) is 0.847. The first-order chi connectivity index (χ1) is 6.24. The van der Waals surface area contributed by atoms with Crippen LogP contribution >= 0.6 is 0 Å². The van der Waals surface area contributed by atoms with E-state index in [1.165, 1.54) is 6.08 Å². The van der Waals surface area contributed by atoms with Crippen molar-refractivity contribution in [1.82, 2.24) is 4.90 Å². The van der Waals surface area contributed by atoms with E-state index in [4.69, 9.17) is 9.47 Å². The van der Waals surface area contributed by atoms with Gasteiger partial charge in [0.1, 0.15) is 6.10 Å². The van der Waals surface area contributed by atoms with E-state index in [9.17, 15) is 4.79 Å². The summed E-state index contributed by atoms with van der Waals surface area (Å²) in [5, 5.41) is 0. The lowest BCUT2D eigenvalue weighted by Crippen LogP contribution is -2.28. The number of carbonyl (C=O) groups excluding carboxylic acids is 1. The van der Waals surface area contributed by atoms with Crippen molar-refractivity contribution in [2.45, 2.75) is 6.10 Å². The SMILES string of the molecule is C=CC(=O)N(C)CCOCC1CO1. The zero-order valence-corrected chi connectivity index (χ0v) is 7.86. The van der Waals surface area contributed by atoms with Gasteiger partial charge in [0.2, 0.25) is 5.91 Å². The van der Waals surface area contributed by atoms with Crippen LogP contribution in [0.4, 0.5) is 0 Å². The summed E-state index contributed by atoms with van der Waals surface area (Å²) in [7, 11) is 1.72. The van der Waals surface area contributed by atoms with Gasteiger partial charge in [-0.05, 0) is 6.08 Å². The van der Waals surface area contributed by atoms with Gasteiger partial charge in [-0.25, -0.2) is 0 Å². The topological polar surface area (TPSA) is 42.1 Å². The van der Waals surface area contributed by atoms with Crippen molar-refractivity contribution >= 4 is 5.91 Å². The average molecular weight is 185 g/mol. The highest BCUT2D eigenvalue weighted by molar-refractivity contribution is 5.86. The Morgan fingerprint density at radius 1 is 1.85 bits per heavy atom. The molecule has 1 atom stereocenters. The van der Waals surface area contributed by atoms with E-state index in [1.54, 1.807) is 11.9 Å². The van der Waals surface area contributed by atoms with Crippen molar-refractivity contribution in [3.05, 3.63) is 12.7 Å². The lowest BCUT2D eigenvalue weighted by Gasteiger charge is -2.14. The first-order valence-electron chi connectivity index (χ1n) is 4.31. The smallest absolute Gasteiger partial charge is 0.245 e. The van der Waals surface area contributed by atoms with Gasteiger partial charge in [-0.1, -0.05) is 6.58 Å². The van der Waals surface area contributed by atoms with Crippen molar-refractivity contribution in [3.63, 3.8) is 0 Å². The summed E-state index contributed by atoms with van der Waals surface area (Å²) in [6, 6.07) is 0. The maximum atomic E-state index is 11.0. The Balaban J connectivity index is 1.96. The lowest BCUT2D eigenvalue weighted by atomic mass is 10.5. The minimum absolute atomic E-state index is 0.0775. The van der Waals surface area contributed by atoms with Gasteiger partial charge in [0.25, 0.3) is 0 Å². The van der Waals surface area contributed by atoms with Crippen LogP contribution in [0.2, 0.25) is 0 Å². The van der Waals surface area contributed by atoms with Gasteiger partial charge in [0.05, 0.1) is 19.8 Å². The third kappa shape index (κ3) is 4.05. The van der Waals surface area contributed by atoms with E-state index in [1.807, 2.05) is 0 Å². The van der Waals surface area contributed by atoms with Gasteiger partial charge in [0, 0.05) is 13.6 Å². The molecule has 0 aromatic rings. The number of nitrogens with zero attached hydrogens (tertiary/aromatic N) is 1. The van der Waals surface area contributed by atoms with Crippen molar-refractivity contribution in [3.8, 4) is 0 Å². The minimum Gasteiger partial charge on any atom is -0.377 e. The van der Waals surface area contributed by atoms with Gasteiger partial charge in [-0.2, -0.15) is 0 Å². The van der Waals surface area contributed by atoms with Gasteiger partial charge in [-0.15, -0.1) is 0 Å².